The molecule has 0 saturated carbocycles. The van der Waals surface area contributed by atoms with E-state index in [1.54, 1.807) is 6.92 Å². The minimum atomic E-state index is -0.203. The van der Waals surface area contributed by atoms with Crippen LogP contribution >= 0.6 is 0 Å². The molecule has 0 bridgehead atoms. The number of anilines is 3. The second kappa shape index (κ2) is 4.06. The third-order valence-corrected chi connectivity index (χ3v) is 2.07. The standard InChI is InChI=1S/C11H12N4O/c1-7-13-10(9(12)11(16)14-7)15-8-5-3-2-4-6-8/h2-6H,12H2,1H3,(H2,13,14,15,16). The molecular weight excluding hydrogens is 204 g/mol. The average molecular weight is 216 g/mol. The zero-order chi connectivity index (χ0) is 11.5. The first kappa shape index (κ1) is 10.2. The van der Waals surface area contributed by atoms with Gasteiger partial charge in [-0.15, -0.1) is 0 Å². The molecule has 1 aromatic carbocycles. The van der Waals surface area contributed by atoms with E-state index in [0.717, 1.165) is 5.69 Å². The van der Waals surface area contributed by atoms with Gasteiger partial charge < -0.3 is 16.2 Å². The molecule has 16 heavy (non-hydrogen) atoms. The van der Waals surface area contributed by atoms with Crippen molar-refractivity contribution in [3.05, 3.63) is 36.2 Å². The molecular formula is C11H12N4O. The van der Waals surface area contributed by atoms with Crippen LogP contribution in [0.5, 0.6) is 5.88 Å². The summed E-state index contributed by atoms with van der Waals surface area (Å²) in [6.07, 6.45) is 0. The molecule has 82 valence electrons. The highest BCUT2D eigenvalue weighted by Crippen LogP contribution is 2.26. The summed E-state index contributed by atoms with van der Waals surface area (Å²) in [5.74, 6) is 0.673. The van der Waals surface area contributed by atoms with E-state index in [1.807, 2.05) is 30.3 Å². The highest BCUT2D eigenvalue weighted by molar-refractivity contribution is 5.71. The van der Waals surface area contributed by atoms with Crippen LogP contribution in [0, 0.1) is 6.92 Å². The van der Waals surface area contributed by atoms with E-state index in [2.05, 4.69) is 15.3 Å². The van der Waals surface area contributed by atoms with Crippen molar-refractivity contribution in [2.75, 3.05) is 11.1 Å². The zero-order valence-electron chi connectivity index (χ0n) is 8.81. The van der Waals surface area contributed by atoms with Crippen molar-refractivity contribution in [3.8, 4) is 5.88 Å². The molecule has 0 unspecified atom stereocenters. The number of nitrogens with zero attached hydrogens (tertiary/aromatic N) is 2. The molecule has 5 nitrogen and oxygen atoms in total. The quantitative estimate of drug-likeness (QED) is 0.713. The van der Waals surface area contributed by atoms with Crippen LogP contribution in [0.4, 0.5) is 17.2 Å². The van der Waals surface area contributed by atoms with Gasteiger partial charge in [0.05, 0.1) is 0 Å². The van der Waals surface area contributed by atoms with Gasteiger partial charge in [-0.1, -0.05) is 18.2 Å². The van der Waals surface area contributed by atoms with Gasteiger partial charge in [-0.3, -0.25) is 0 Å². The predicted octanol–water partition coefficient (Wildman–Crippen LogP) is 1.82. The third kappa shape index (κ3) is 2.03. The van der Waals surface area contributed by atoms with Crippen LogP contribution in [0.1, 0.15) is 5.82 Å². The Hall–Kier alpha value is -2.30. The highest BCUT2D eigenvalue weighted by Gasteiger charge is 2.08. The van der Waals surface area contributed by atoms with Gasteiger partial charge in [0.15, 0.2) is 5.82 Å². The first-order valence-corrected chi connectivity index (χ1v) is 4.82. The number of benzene rings is 1. The molecule has 0 atom stereocenters. The monoisotopic (exact) mass is 216 g/mol. The van der Waals surface area contributed by atoms with Crippen molar-refractivity contribution in [1.82, 2.24) is 9.97 Å². The van der Waals surface area contributed by atoms with Crippen molar-refractivity contribution in [2.24, 2.45) is 0 Å². The van der Waals surface area contributed by atoms with Crippen molar-refractivity contribution in [2.45, 2.75) is 6.92 Å². The van der Waals surface area contributed by atoms with Crippen molar-refractivity contribution < 1.29 is 5.11 Å². The van der Waals surface area contributed by atoms with E-state index in [-0.39, 0.29) is 11.6 Å². The molecule has 0 aliphatic rings. The fraction of sp³-hybridized carbons (Fsp3) is 0.0909. The number of aryl methyl sites for hydroxylation is 1. The van der Waals surface area contributed by atoms with Crippen LogP contribution in [-0.2, 0) is 0 Å². The topological polar surface area (TPSA) is 84.1 Å². The summed E-state index contributed by atoms with van der Waals surface area (Å²) in [5, 5.41) is 12.5. The largest absolute Gasteiger partial charge is 0.492 e. The molecule has 5 heteroatoms. The Morgan fingerprint density at radius 3 is 2.56 bits per heavy atom. The summed E-state index contributed by atoms with van der Waals surface area (Å²) in [6.45, 7) is 1.69. The molecule has 2 rings (SSSR count). The lowest BCUT2D eigenvalue weighted by Crippen LogP contribution is -2.02. The summed E-state index contributed by atoms with van der Waals surface area (Å²) in [5.41, 5.74) is 6.66. The number of nitrogens with one attached hydrogen (secondary N) is 1. The second-order valence-electron chi connectivity index (χ2n) is 3.35. The molecule has 1 aromatic heterocycles. The molecule has 4 N–H and O–H groups in total. The number of hydrogen-bond donors (Lipinski definition) is 3. The van der Waals surface area contributed by atoms with E-state index in [0.29, 0.717) is 11.6 Å². The van der Waals surface area contributed by atoms with E-state index in [9.17, 15) is 5.11 Å². The number of aromatic nitrogens is 2. The normalized spacial score (nSPS) is 10.1. The Bertz CT molecular complexity index is 499. The van der Waals surface area contributed by atoms with Crippen LogP contribution in [0.2, 0.25) is 0 Å². The molecule has 0 fully saturated rings. The van der Waals surface area contributed by atoms with Gasteiger partial charge in [-0.25, -0.2) is 4.98 Å². The van der Waals surface area contributed by atoms with Gasteiger partial charge in [-0.2, -0.15) is 4.98 Å². The van der Waals surface area contributed by atoms with Gasteiger partial charge in [-0.05, 0) is 19.1 Å². The minimum Gasteiger partial charge on any atom is -0.492 e. The van der Waals surface area contributed by atoms with Crippen LogP contribution in [-0.4, -0.2) is 15.1 Å². The number of aromatic hydroxyl groups is 1. The molecule has 2 aromatic rings. The molecule has 0 spiro atoms. The van der Waals surface area contributed by atoms with Crippen molar-refractivity contribution in [3.63, 3.8) is 0 Å². The number of hydrogen-bond acceptors (Lipinski definition) is 5. The van der Waals surface area contributed by atoms with Crippen LogP contribution in [0.3, 0.4) is 0 Å². The van der Waals surface area contributed by atoms with Crippen LogP contribution in [0.15, 0.2) is 30.3 Å². The van der Waals surface area contributed by atoms with E-state index >= 15 is 0 Å². The maximum atomic E-state index is 9.44. The van der Waals surface area contributed by atoms with Gasteiger partial charge in [0, 0.05) is 5.69 Å². The van der Waals surface area contributed by atoms with Crippen LogP contribution < -0.4 is 11.1 Å². The number of nitrogens with two attached hydrogens (primary N) is 1. The fourth-order valence-corrected chi connectivity index (χ4v) is 1.32. The fourth-order valence-electron chi connectivity index (χ4n) is 1.32. The van der Waals surface area contributed by atoms with Gasteiger partial charge in [0.2, 0.25) is 5.88 Å². The van der Waals surface area contributed by atoms with E-state index in [4.69, 9.17) is 5.73 Å². The summed E-state index contributed by atoms with van der Waals surface area (Å²) < 4.78 is 0. The maximum Gasteiger partial charge on any atom is 0.240 e. The lowest BCUT2D eigenvalue weighted by Gasteiger charge is -2.09. The summed E-state index contributed by atoms with van der Waals surface area (Å²) in [7, 11) is 0. The second-order valence-corrected chi connectivity index (χ2v) is 3.35. The summed E-state index contributed by atoms with van der Waals surface area (Å²) in [6, 6.07) is 9.47. The maximum absolute atomic E-state index is 9.44. The Labute approximate surface area is 93.0 Å². The smallest absolute Gasteiger partial charge is 0.240 e. The van der Waals surface area contributed by atoms with Gasteiger partial charge in [0.1, 0.15) is 11.5 Å². The average Bonchev–Trinajstić information content (AvgIpc) is 2.27. The third-order valence-electron chi connectivity index (χ3n) is 2.07. The number of nitrogen functional groups attached to an aromatic ring is 1. The Morgan fingerprint density at radius 2 is 1.88 bits per heavy atom. The Morgan fingerprint density at radius 1 is 1.19 bits per heavy atom. The molecule has 0 aliphatic heterocycles. The molecule has 1 heterocycles. The molecule has 0 aliphatic carbocycles. The van der Waals surface area contributed by atoms with Gasteiger partial charge >= 0.3 is 0 Å². The first-order valence-electron chi connectivity index (χ1n) is 4.82. The van der Waals surface area contributed by atoms with Gasteiger partial charge in [0.25, 0.3) is 0 Å². The summed E-state index contributed by atoms with van der Waals surface area (Å²) >= 11 is 0. The van der Waals surface area contributed by atoms with Crippen LogP contribution in [0.25, 0.3) is 0 Å². The Balaban J connectivity index is 2.35. The lowest BCUT2D eigenvalue weighted by molar-refractivity contribution is 0.453. The molecule has 0 saturated heterocycles. The van der Waals surface area contributed by atoms with E-state index in [1.165, 1.54) is 0 Å². The first-order chi connectivity index (χ1) is 7.66. The minimum absolute atomic E-state index is 0.148. The molecule has 0 amide bonds. The molecule has 0 radical (unpaired) electrons. The zero-order valence-corrected chi connectivity index (χ0v) is 8.81. The SMILES string of the molecule is Cc1nc(O)c(N)c(Nc2ccccc2)n1. The highest BCUT2D eigenvalue weighted by atomic mass is 16.3. The van der Waals surface area contributed by atoms with E-state index < -0.39 is 0 Å². The predicted molar refractivity (Wildman–Crippen MR) is 62.6 cm³/mol. The number of para-hydroxylation sites is 1. The lowest BCUT2D eigenvalue weighted by atomic mass is 10.3. The van der Waals surface area contributed by atoms with Crippen molar-refractivity contribution >= 4 is 17.2 Å². The number of rotatable bonds is 2. The van der Waals surface area contributed by atoms with Crippen molar-refractivity contribution in [1.29, 1.82) is 0 Å². The Kier molecular flexibility index (Phi) is 2.59. The summed E-state index contributed by atoms with van der Waals surface area (Å²) in [4.78, 5) is 7.88.